The highest BCUT2D eigenvalue weighted by Crippen LogP contribution is 2.26. The highest BCUT2D eigenvalue weighted by Gasteiger charge is 2.28. The second kappa shape index (κ2) is 5.17. The lowest BCUT2D eigenvalue weighted by molar-refractivity contribution is -0.136. The molecule has 5 nitrogen and oxygen atoms in total. The SMILES string of the molecule is O=C(O)Cc1ccc(C2CCC(=O)NC2=O)cc1F. The minimum absolute atomic E-state index is 0.0727. The maximum atomic E-state index is 13.7. The zero-order chi connectivity index (χ0) is 14.0. The zero-order valence-corrected chi connectivity index (χ0v) is 9.98. The van der Waals surface area contributed by atoms with E-state index in [1.165, 1.54) is 12.1 Å². The summed E-state index contributed by atoms with van der Waals surface area (Å²) in [7, 11) is 0. The summed E-state index contributed by atoms with van der Waals surface area (Å²) in [5.74, 6) is -3.10. The highest BCUT2D eigenvalue weighted by atomic mass is 19.1. The van der Waals surface area contributed by atoms with E-state index in [4.69, 9.17) is 5.11 Å². The molecule has 1 aromatic carbocycles. The molecule has 0 bridgehead atoms. The smallest absolute Gasteiger partial charge is 0.307 e. The number of hydrogen-bond acceptors (Lipinski definition) is 3. The molecule has 1 heterocycles. The average Bonchev–Trinajstić information content (AvgIpc) is 2.31. The van der Waals surface area contributed by atoms with Crippen molar-refractivity contribution in [2.75, 3.05) is 0 Å². The minimum Gasteiger partial charge on any atom is -0.481 e. The second-order valence-electron chi connectivity index (χ2n) is 4.43. The fourth-order valence-corrected chi connectivity index (χ4v) is 2.10. The summed E-state index contributed by atoms with van der Waals surface area (Å²) in [6.45, 7) is 0. The molecule has 1 fully saturated rings. The molecule has 0 aliphatic carbocycles. The van der Waals surface area contributed by atoms with Crippen LogP contribution in [-0.2, 0) is 20.8 Å². The van der Waals surface area contributed by atoms with Gasteiger partial charge in [0.05, 0.1) is 12.3 Å². The molecule has 0 saturated carbocycles. The molecule has 1 saturated heterocycles. The van der Waals surface area contributed by atoms with Gasteiger partial charge in [0.2, 0.25) is 11.8 Å². The molecule has 6 heteroatoms. The summed E-state index contributed by atoms with van der Waals surface area (Å²) < 4.78 is 13.7. The van der Waals surface area contributed by atoms with Gasteiger partial charge in [-0.3, -0.25) is 19.7 Å². The normalized spacial score (nSPS) is 19.1. The molecule has 1 aliphatic rings. The third kappa shape index (κ3) is 2.96. The quantitative estimate of drug-likeness (QED) is 0.798. The number of imide groups is 1. The van der Waals surface area contributed by atoms with Gasteiger partial charge in [-0.25, -0.2) is 4.39 Å². The number of hydrogen-bond donors (Lipinski definition) is 2. The minimum atomic E-state index is -1.12. The summed E-state index contributed by atoms with van der Waals surface area (Å²) in [5, 5.41) is 10.8. The molecule has 100 valence electrons. The molecule has 1 aromatic rings. The monoisotopic (exact) mass is 265 g/mol. The summed E-state index contributed by atoms with van der Waals surface area (Å²) in [5.41, 5.74) is 0.528. The molecule has 2 rings (SSSR count). The van der Waals surface area contributed by atoms with Crippen LogP contribution in [0.4, 0.5) is 4.39 Å². The number of halogens is 1. The third-order valence-corrected chi connectivity index (χ3v) is 3.06. The van der Waals surface area contributed by atoms with Gasteiger partial charge in [-0.15, -0.1) is 0 Å². The molecule has 1 aliphatic heterocycles. The summed E-state index contributed by atoms with van der Waals surface area (Å²) in [4.78, 5) is 33.2. The summed E-state index contributed by atoms with van der Waals surface area (Å²) in [6.07, 6.45) is 0.152. The first-order valence-corrected chi connectivity index (χ1v) is 5.81. The number of amides is 2. The van der Waals surface area contributed by atoms with Crippen molar-refractivity contribution in [3.63, 3.8) is 0 Å². The first-order valence-electron chi connectivity index (χ1n) is 5.81. The van der Waals surface area contributed by atoms with Crippen molar-refractivity contribution in [3.05, 3.63) is 35.1 Å². The Morgan fingerprint density at radius 2 is 2.16 bits per heavy atom. The van der Waals surface area contributed by atoms with Crippen molar-refractivity contribution in [2.24, 2.45) is 0 Å². The number of carboxylic acid groups (broad SMARTS) is 1. The van der Waals surface area contributed by atoms with E-state index in [0.717, 1.165) is 6.07 Å². The van der Waals surface area contributed by atoms with Crippen LogP contribution in [0, 0.1) is 5.82 Å². The van der Waals surface area contributed by atoms with Gasteiger partial charge in [0.15, 0.2) is 0 Å². The van der Waals surface area contributed by atoms with E-state index in [2.05, 4.69) is 5.32 Å². The predicted octanol–water partition coefficient (Wildman–Crippen LogP) is 0.973. The van der Waals surface area contributed by atoms with E-state index in [0.29, 0.717) is 12.0 Å². The second-order valence-corrected chi connectivity index (χ2v) is 4.43. The Kier molecular flexibility index (Phi) is 3.59. The van der Waals surface area contributed by atoms with Crippen LogP contribution in [0.5, 0.6) is 0 Å². The van der Waals surface area contributed by atoms with Gasteiger partial charge in [-0.05, 0) is 23.6 Å². The van der Waals surface area contributed by atoms with Crippen molar-refractivity contribution >= 4 is 17.8 Å². The Morgan fingerprint density at radius 3 is 2.74 bits per heavy atom. The number of rotatable bonds is 3. The van der Waals surface area contributed by atoms with Crippen LogP contribution >= 0.6 is 0 Å². The zero-order valence-electron chi connectivity index (χ0n) is 9.98. The van der Waals surface area contributed by atoms with Gasteiger partial charge in [-0.2, -0.15) is 0 Å². The molecule has 0 radical (unpaired) electrons. The van der Waals surface area contributed by atoms with Gasteiger partial charge < -0.3 is 5.11 Å². The Morgan fingerprint density at radius 1 is 1.42 bits per heavy atom. The van der Waals surface area contributed by atoms with Crippen LogP contribution in [-0.4, -0.2) is 22.9 Å². The summed E-state index contributed by atoms with van der Waals surface area (Å²) in [6, 6.07) is 4.06. The lowest BCUT2D eigenvalue weighted by Crippen LogP contribution is -2.39. The van der Waals surface area contributed by atoms with Gasteiger partial charge in [0.25, 0.3) is 0 Å². The van der Waals surface area contributed by atoms with Crippen LogP contribution in [0.25, 0.3) is 0 Å². The molecule has 0 spiro atoms. The number of carboxylic acids is 1. The Labute approximate surface area is 108 Å². The van der Waals surface area contributed by atoms with E-state index in [-0.39, 0.29) is 17.9 Å². The maximum Gasteiger partial charge on any atom is 0.307 e. The van der Waals surface area contributed by atoms with Crippen LogP contribution in [0.15, 0.2) is 18.2 Å². The van der Waals surface area contributed by atoms with Crippen LogP contribution in [0.3, 0.4) is 0 Å². The fraction of sp³-hybridized carbons (Fsp3) is 0.308. The molecular weight excluding hydrogens is 253 g/mol. The topological polar surface area (TPSA) is 83.5 Å². The van der Waals surface area contributed by atoms with E-state index < -0.39 is 30.0 Å². The Bertz CT molecular complexity index is 556. The Balaban J connectivity index is 2.22. The van der Waals surface area contributed by atoms with Gasteiger partial charge >= 0.3 is 5.97 Å². The van der Waals surface area contributed by atoms with Crippen molar-refractivity contribution in [2.45, 2.75) is 25.2 Å². The largest absolute Gasteiger partial charge is 0.481 e. The lowest BCUT2D eigenvalue weighted by atomic mass is 9.89. The fourth-order valence-electron chi connectivity index (χ4n) is 2.10. The lowest BCUT2D eigenvalue weighted by Gasteiger charge is -2.21. The summed E-state index contributed by atoms with van der Waals surface area (Å²) >= 11 is 0. The molecule has 1 atom stereocenters. The predicted molar refractivity (Wildman–Crippen MR) is 62.9 cm³/mol. The van der Waals surface area contributed by atoms with Gasteiger partial charge in [0, 0.05) is 6.42 Å². The van der Waals surface area contributed by atoms with E-state index in [9.17, 15) is 18.8 Å². The number of benzene rings is 1. The van der Waals surface area contributed by atoms with Gasteiger partial charge in [-0.1, -0.05) is 12.1 Å². The van der Waals surface area contributed by atoms with E-state index in [1.807, 2.05) is 0 Å². The highest BCUT2D eigenvalue weighted by molar-refractivity contribution is 6.00. The molecular formula is C13H12FNO4. The first-order chi connectivity index (χ1) is 8.97. The number of carbonyl (C=O) groups is 3. The van der Waals surface area contributed by atoms with Crippen LogP contribution < -0.4 is 5.32 Å². The molecule has 19 heavy (non-hydrogen) atoms. The molecule has 0 aromatic heterocycles. The van der Waals surface area contributed by atoms with Gasteiger partial charge in [0.1, 0.15) is 5.82 Å². The molecule has 1 unspecified atom stereocenters. The number of nitrogens with one attached hydrogen (secondary N) is 1. The third-order valence-electron chi connectivity index (χ3n) is 3.06. The first kappa shape index (κ1) is 13.2. The number of aliphatic carboxylic acids is 1. The van der Waals surface area contributed by atoms with Crippen molar-refractivity contribution in [1.82, 2.24) is 5.32 Å². The standard InChI is InChI=1S/C13H12FNO4/c14-10-5-7(1-2-8(10)6-12(17)18)9-3-4-11(16)15-13(9)19/h1-2,5,9H,3-4,6H2,(H,17,18)(H,15,16,19). The molecule has 2 N–H and O–H groups in total. The molecule has 2 amide bonds. The van der Waals surface area contributed by atoms with Crippen LogP contribution in [0.2, 0.25) is 0 Å². The number of piperidine rings is 1. The number of carbonyl (C=O) groups excluding carboxylic acids is 2. The van der Waals surface area contributed by atoms with Crippen LogP contribution in [0.1, 0.15) is 29.9 Å². The van der Waals surface area contributed by atoms with Crippen molar-refractivity contribution in [1.29, 1.82) is 0 Å². The Hall–Kier alpha value is -2.24. The van der Waals surface area contributed by atoms with E-state index >= 15 is 0 Å². The van der Waals surface area contributed by atoms with Crippen molar-refractivity contribution < 1.29 is 23.9 Å². The average molecular weight is 265 g/mol. The van der Waals surface area contributed by atoms with Crippen molar-refractivity contribution in [3.8, 4) is 0 Å². The van der Waals surface area contributed by atoms with E-state index in [1.54, 1.807) is 0 Å². The maximum absolute atomic E-state index is 13.7.